The Hall–Kier alpha value is -1.89. The van der Waals surface area contributed by atoms with Gasteiger partial charge in [-0.3, -0.25) is 4.79 Å². The number of carboxylic acid groups (broad SMARTS) is 1. The molecule has 1 heterocycles. The predicted octanol–water partition coefficient (Wildman–Crippen LogP) is 0.287. The van der Waals surface area contributed by atoms with Crippen LogP contribution in [0.15, 0.2) is 12.5 Å². The number of nitrogens with one attached hydrogen (secondary N) is 2. The highest BCUT2D eigenvalue weighted by Gasteiger charge is 2.35. The normalized spacial score (nSPS) is 12.9. The Labute approximate surface area is 118 Å². The van der Waals surface area contributed by atoms with Crippen molar-refractivity contribution in [2.45, 2.75) is 39.2 Å². The highest BCUT2D eigenvalue weighted by molar-refractivity contribution is 5.87. The third kappa shape index (κ3) is 3.57. The Bertz CT molecular complexity index is 432. The largest absolute Gasteiger partial charge is 0.480 e. The summed E-state index contributed by atoms with van der Waals surface area (Å²) in [5.74, 6) is -1.39. The van der Waals surface area contributed by atoms with Crippen LogP contribution in [0.5, 0.6) is 0 Å². The van der Waals surface area contributed by atoms with E-state index in [0.29, 0.717) is 18.5 Å². The van der Waals surface area contributed by atoms with Gasteiger partial charge in [0, 0.05) is 24.9 Å². The Morgan fingerprint density at radius 1 is 1.50 bits per heavy atom. The summed E-state index contributed by atoms with van der Waals surface area (Å²) in [6, 6.07) is -0.994. The number of hydrogen-bond donors (Lipinski definition) is 4. The second-order valence-corrected chi connectivity index (χ2v) is 4.84. The number of nitrogens with zero attached hydrogens (tertiary/aromatic N) is 1. The van der Waals surface area contributed by atoms with Gasteiger partial charge in [-0.05, 0) is 12.8 Å². The molecule has 1 aromatic rings. The molecular weight excluding hydrogens is 260 g/mol. The van der Waals surface area contributed by atoms with Gasteiger partial charge in [-0.15, -0.1) is 0 Å². The van der Waals surface area contributed by atoms with E-state index in [2.05, 4.69) is 15.3 Å². The molecule has 7 nitrogen and oxygen atoms in total. The molecule has 1 atom stereocenters. The number of H-pyrrole nitrogens is 1. The van der Waals surface area contributed by atoms with E-state index in [9.17, 15) is 14.7 Å². The Balaban J connectivity index is 2.80. The van der Waals surface area contributed by atoms with Gasteiger partial charge in [0.15, 0.2) is 0 Å². The molecule has 0 spiro atoms. The number of imidazole rings is 1. The lowest BCUT2D eigenvalue weighted by atomic mass is 9.81. The number of amides is 1. The molecule has 0 aliphatic rings. The summed E-state index contributed by atoms with van der Waals surface area (Å²) in [4.78, 5) is 30.3. The van der Waals surface area contributed by atoms with Crippen molar-refractivity contribution in [3.05, 3.63) is 18.2 Å². The predicted molar refractivity (Wildman–Crippen MR) is 73.9 cm³/mol. The zero-order valence-electron chi connectivity index (χ0n) is 11.8. The van der Waals surface area contributed by atoms with Gasteiger partial charge in [-0.1, -0.05) is 13.8 Å². The first-order valence-corrected chi connectivity index (χ1v) is 6.70. The summed E-state index contributed by atoms with van der Waals surface area (Å²) in [6.45, 7) is 3.95. The molecule has 0 fully saturated rings. The first-order valence-electron chi connectivity index (χ1n) is 6.70. The molecule has 0 bridgehead atoms. The van der Waals surface area contributed by atoms with Crippen LogP contribution in [0.3, 0.4) is 0 Å². The van der Waals surface area contributed by atoms with E-state index in [0.717, 1.165) is 0 Å². The molecule has 1 aromatic heterocycles. The fourth-order valence-corrected chi connectivity index (χ4v) is 2.08. The number of carbonyl (C=O) groups excluding carboxylic acids is 1. The fraction of sp³-hybridized carbons (Fsp3) is 0.615. The van der Waals surface area contributed by atoms with E-state index >= 15 is 0 Å². The SMILES string of the molecule is CCC(CC)(CN)C(=O)N[C@H](Cc1cnc[nH]1)C(=O)O. The van der Waals surface area contributed by atoms with E-state index in [4.69, 9.17) is 5.73 Å². The molecule has 1 amide bonds. The van der Waals surface area contributed by atoms with Gasteiger partial charge in [0.2, 0.25) is 5.91 Å². The van der Waals surface area contributed by atoms with Gasteiger partial charge in [-0.25, -0.2) is 9.78 Å². The van der Waals surface area contributed by atoms with Crippen molar-refractivity contribution in [2.75, 3.05) is 6.54 Å². The maximum absolute atomic E-state index is 12.3. The Kier molecular flexibility index (Phi) is 5.69. The van der Waals surface area contributed by atoms with Gasteiger partial charge >= 0.3 is 5.97 Å². The minimum atomic E-state index is -1.08. The van der Waals surface area contributed by atoms with Crippen molar-refractivity contribution in [3.8, 4) is 0 Å². The zero-order valence-corrected chi connectivity index (χ0v) is 11.8. The summed E-state index contributed by atoms with van der Waals surface area (Å²) >= 11 is 0. The number of hydrogen-bond acceptors (Lipinski definition) is 4. The van der Waals surface area contributed by atoms with E-state index in [1.165, 1.54) is 12.5 Å². The summed E-state index contributed by atoms with van der Waals surface area (Å²) < 4.78 is 0. The molecule has 0 saturated heterocycles. The molecule has 0 unspecified atom stereocenters. The number of rotatable bonds is 8. The number of aromatic nitrogens is 2. The van der Waals surface area contributed by atoms with Gasteiger partial charge < -0.3 is 21.1 Å². The number of nitrogens with two attached hydrogens (primary N) is 1. The van der Waals surface area contributed by atoms with Crippen molar-refractivity contribution < 1.29 is 14.7 Å². The molecule has 0 aliphatic heterocycles. The van der Waals surface area contributed by atoms with Crippen LogP contribution in [0.1, 0.15) is 32.4 Å². The van der Waals surface area contributed by atoms with Crippen LogP contribution >= 0.6 is 0 Å². The van der Waals surface area contributed by atoms with Crippen LogP contribution in [-0.4, -0.2) is 39.5 Å². The first kappa shape index (κ1) is 16.2. The van der Waals surface area contributed by atoms with Crippen molar-refractivity contribution in [3.63, 3.8) is 0 Å². The van der Waals surface area contributed by atoms with E-state index < -0.39 is 17.4 Å². The second-order valence-electron chi connectivity index (χ2n) is 4.84. The Morgan fingerprint density at radius 2 is 2.15 bits per heavy atom. The van der Waals surface area contributed by atoms with Crippen LogP contribution < -0.4 is 11.1 Å². The highest BCUT2D eigenvalue weighted by Crippen LogP contribution is 2.25. The van der Waals surface area contributed by atoms with Gasteiger partial charge in [0.1, 0.15) is 6.04 Å². The van der Waals surface area contributed by atoms with Gasteiger partial charge in [0.05, 0.1) is 11.7 Å². The minimum Gasteiger partial charge on any atom is -0.480 e. The van der Waals surface area contributed by atoms with Crippen LogP contribution in [0.25, 0.3) is 0 Å². The molecule has 20 heavy (non-hydrogen) atoms. The van der Waals surface area contributed by atoms with Crippen molar-refractivity contribution >= 4 is 11.9 Å². The lowest BCUT2D eigenvalue weighted by Crippen LogP contribution is -2.51. The van der Waals surface area contributed by atoms with Gasteiger partial charge in [-0.2, -0.15) is 0 Å². The molecular formula is C13H22N4O3. The molecule has 7 heteroatoms. The Morgan fingerprint density at radius 3 is 2.55 bits per heavy atom. The van der Waals surface area contributed by atoms with Crippen molar-refractivity contribution in [1.82, 2.24) is 15.3 Å². The van der Waals surface area contributed by atoms with Crippen molar-refractivity contribution in [2.24, 2.45) is 11.1 Å². The molecule has 112 valence electrons. The van der Waals surface area contributed by atoms with Crippen LogP contribution in [0, 0.1) is 5.41 Å². The summed E-state index contributed by atoms with van der Waals surface area (Å²) in [7, 11) is 0. The number of aliphatic carboxylic acids is 1. The monoisotopic (exact) mass is 282 g/mol. The van der Waals surface area contributed by atoms with Crippen LogP contribution in [-0.2, 0) is 16.0 Å². The molecule has 0 radical (unpaired) electrons. The smallest absolute Gasteiger partial charge is 0.326 e. The lowest BCUT2D eigenvalue weighted by Gasteiger charge is -2.30. The van der Waals surface area contributed by atoms with E-state index in [1.54, 1.807) is 0 Å². The van der Waals surface area contributed by atoms with E-state index in [-0.39, 0.29) is 18.9 Å². The lowest BCUT2D eigenvalue weighted by molar-refractivity contribution is -0.144. The molecule has 0 saturated carbocycles. The summed E-state index contributed by atoms with van der Waals surface area (Å²) in [5, 5.41) is 11.8. The second kappa shape index (κ2) is 7.04. The molecule has 5 N–H and O–H groups in total. The third-order valence-electron chi connectivity index (χ3n) is 3.81. The number of carbonyl (C=O) groups is 2. The average Bonchev–Trinajstić information content (AvgIpc) is 2.93. The van der Waals surface area contributed by atoms with Gasteiger partial charge in [0.25, 0.3) is 0 Å². The number of carboxylic acids is 1. The molecule has 1 rings (SSSR count). The third-order valence-corrected chi connectivity index (χ3v) is 3.81. The number of aromatic amines is 1. The summed E-state index contributed by atoms with van der Waals surface area (Å²) in [5.41, 5.74) is 5.64. The standard InChI is InChI=1S/C13H22N4O3/c1-3-13(4-2,7-14)12(20)17-10(11(18)19)5-9-6-15-8-16-9/h6,8,10H,3-5,7,14H2,1-2H3,(H,15,16)(H,17,20)(H,18,19)/t10-/m1/s1. The maximum atomic E-state index is 12.3. The van der Waals surface area contributed by atoms with E-state index in [1.807, 2.05) is 13.8 Å². The molecule has 0 aromatic carbocycles. The highest BCUT2D eigenvalue weighted by atomic mass is 16.4. The van der Waals surface area contributed by atoms with Crippen molar-refractivity contribution in [1.29, 1.82) is 0 Å². The minimum absolute atomic E-state index is 0.162. The first-order chi connectivity index (χ1) is 9.49. The van der Waals surface area contributed by atoms with Crippen LogP contribution in [0.4, 0.5) is 0 Å². The topological polar surface area (TPSA) is 121 Å². The molecule has 0 aliphatic carbocycles. The fourth-order valence-electron chi connectivity index (χ4n) is 2.08. The summed E-state index contributed by atoms with van der Waals surface area (Å²) in [6.07, 6.45) is 4.32. The van der Waals surface area contributed by atoms with Crippen LogP contribution in [0.2, 0.25) is 0 Å². The average molecular weight is 282 g/mol. The quantitative estimate of drug-likeness (QED) is 0.546. The zero-order chi connectivity index (χ0) is 15.2. The maximum Gasteiger partial charge on any atom is 0.326 e.